The number of hydrogen-bond donors (Lipinski definition) is 1. The van der Waals surface area contributed by atoms with E-state index in [1.54, 1.807) is 40.1 Å². The van der Waals surface area contributed by atoms with Crippen LogP contribution in [0.1, 0.15) is 33.3 Å². The Balaban J connectivity index is 1.48. The molecule has 1 atom stereocenters. The van der Waals surface area contributed by atoms with E-state index in [-0.39, 0.29) is 11.9 Å². The summed E-state index contributed by atoms with van der Waals surface area (Å²) in [5.41, 5.74) is 2.14. The van der Waals surface area contributed by atoms with E-state index in [9.17, 15) is 14.4 Å². The molecule has 1 aliphatic heterocycles. The molecule has 0 saturated carbocycles. The third-order valence-electron chi connectivity index (χ3n) is 5.40. The summed E-state index contributed by atoms with van der Waals surface area (Å²) >= 11 is 0. The number of amides is 2. The first-order valence-electron chi connectivity index (χ1n) is 9.79. The molecule has 0 bridgehead atoms. The largest absolute Gasteiger partial charge is 0.345 e. The Morgan fingerprint density at radius 3 is 2.60 bits per heavy atom. The van der Waals surface area contributed by atoms with Crippen LogP contribution in [0.15, 0.2) is 55.2 Å². The van der Waals surface area contributed by atoms with Crippen LogP contribution in [0.4, 0.5) is 0 Å². The summed E-state index contributed by atoms with van der Waals surface area (Å²) in [4.78, 5) is 49.1. The highest BCUT2D eigenvalue weighted by atomic mass is 16.2. The van der Waals surface area contributed by atoms with Crippen molar-refractivity contribution in [3.05, 3.63) is 72.1 Å². The molecule has 7 heteroatoms. The lowest BCUT2D eigenvalue weighted by molar-refractivity contribution is -0.130. The van der Waals surface area contributed by atoms with Gasteiger partial charge in [0.2, 0.25) is 0 Å². The number of benzene rings is 1. The summed E-state index contributed by atoms with van der Waals surface area (Å²) in [6.45, 7) is 6.61. The Hall–Kier alpha value is -3.74. The number of aromatic amines is 1. The molecule has 152 valence electrons. The molecule has 1 aromatic carbocycles. The van der Waals surface area contributed by atoms with E-state index >= 15 is 0 Å². The molecular formula is C23H22N4O3. The molecule has 0 radical (unpaired) electrons. The summed E-state index contributed by atoms with van der Waals surface area (Å²) in [5, 5.41) is 0.601. The van der Waals surface area contributed by atoms with Gasteiger partial charge < -0.3 is 14.8 Å². The number of ketones is 1. The number of nitrogens with zero attached hydrogens (tertiary/aromatic N) is 3. The molecule has 3 aromatic rings. The lowest BCUT2D eigenvalue weighted by atomic mass is 10.1. The highest BCUT2D eigenvalue weighted by Gasteiger charge is 2.34. The van der Waals surface area contributed by atoms with Gasteiger partial charge in [-0.1, -0.05) is 24.8 Å². The maximum absolute atomic E-state index is 12.9. The fraction of sp³-hybridized carbons (Fsp3) is 0.217. The van der Waals surface area contributed by atoms with Crippen LogP contribution >= 0.6 is 0 Å². The minimum absolute atomic E-state index is 0.0680. The zero-order chi connectivity index (χ0) is 21.3. The van der Waals surface area contributed by atoms with E-state index in [4.69, 9.17) is 0 Å². The van der Waals surface area contributed by atoms with Gasteiger partial charge in [-0.25, -0.2) is 4.98 Å². The minimum Gasteiger partial charge on any atom is -0.345 e. The second-order valence-electron chi connectivity index (χ2n) is 7.33. The van der Waals surface area contributed by atoms with E-state index in [1.807, 2.05) is 25.1 Å². The summed E-state index contributed by atoms with van der Waals surface area (Å²) in [6, 6.07) is 12.3. The van der Waals surface area contributed by atoms with Gasteiger partial charge in [0.05, 0.1) is 11.3 Å². The number of aromatic nitrogens is 2. The van der Waals surface area contributed by atoms with Crippen LogP contribution in [0, 0.1) is 0 Å². The maximum Gasteiger partial charge on any atom is 0.295 e. The number of Topliss-reactive ketones (excluding diaryl/α,β-unsaturated/α-hetero) is 1. The van der Waals surface area contributed by atoms with Gasteiger partial charge in [-0.2, -0.15) is 0 Å². The zero-order valence-electron chi connectivity index (χ0n) is 16.7. The van der Waals surface area contributed by atoms with Gasteiger partial charge in [0, 0.05) is 42.8 Å². The van der Waals surface area contributed by atoms with Crippen molar-refractivity contribution in [2.24, 2.45) is 0 Å². The molecule has 1 saturated heterocycles. The number of pyridine rings is 1. The molecule has 2 amide bonds. The number of fused-ring (bicyclic) bond motifs is 1. The normalized spacial score (nSPS) is 16.5. The Labute approximate surface area is 174 Å². The Bertz CT molecular complexity index is 1140. The van der Waals surface area contributed by atoms with Crippen LogP contribution in [0.5, 0.6) is 0 Å². The molecule has 0 unspecified atom stereocenters. The second-order valence-corrected chi connectivity index (χ2v) is 7.33. The average molecular weight is 402 g/mol. The van der Waals surface area contributed by atoms with E-state index in [0.717, 1.165) is 0 Å². The number of rotatable bonds is 4. The van der Waals surface area contributed by atoms with Gasteiger partial charge in [0.1, 0.15) is 5.65 Å². The predicted octanol–water partition coefficient (Wildman–Crippen LogP) is 2.76. The van der Waals surface area contributed by atoms with Crippen LogP contribution in [-0.4, -0.2) is 63.0 Å². The number of carbonyl (C=O) groups is 3. The first-order chi connectivity index (χ1) is 14.5. The highest BCUT2D eigenvalue weighted by Crippen LogP contribution is 2.20. The topological polar surface area (TPSA) is 86.4 Å². The summed E-state index contributed by atoms with van der Waals surface area (Å²) in [5.74, 6) is -1.21. The van der Waals surface area contributed by atoms with Crippen molar-refractivity contribution in [3.8, 4) is 0 Å². The average Bonchev–Trinajstić information content (AvgIpc) is 3.21. The number of carbonyl (C=O) groups excluding carboxylic acids is 3. The van der Waals surface area contributed by atoms with Crippen molar-refractivity contribution < 1.29 is 14.4 Å². The van der Waals surface area contributed by atoms with E-state index in [2.05, 4.69) is 16.5 Å². The lowest BCUT2D eigenvalue weighted by Gasteiger charge is -2.39. The van der Waals surface area contributed by atoms with Crippen LogP contribution in [0.25, 0.3) is 17.1 Å². The predicted molar refractivity (Wildman–Crippen MR) is 114 cm³/mol. The molecule has 1 fully saturated rings. The monoisotopic (exact) mass is 402 g/mol. The second kappa shape index (κ2) is 7.94. The van der Waals surface area contributed by atoms with Crippen LogP contribution in [0.3, 0.4) is 0 Å². The summed E-state index contributed by atoms with van der Waals surface area (Å²) < 4.78 is 0. The third kappa shape index (κ3) is 3.50. The minimum atomic E-state index is -0.580. The molecule has 1 aliphatic rings. The number of hydrogen-bond acceptors (Lipinski definition) is 4. The Kier molecular flexibility index (Phi) is 5.18. The van der Waals surface area contributed by atoms with Gasteiger partial charge in [-0.3, -0.25) is 14.4 Å². The molecule has 30 heavy (non-hydrogen) atoms. The Morgan fingerprint density at radius 1 is 1.13 bits per heavy atom. The Morgan fingerprint density at radius 2 is 1.90 bits per heavy atom. The van der Waals surface area contributed by atoms with Gasteiger partial charge in [-0.05, 0) is 37.3 Å². The fourth-order valence-electron chi connectivity index (χ4n) is 3.77. The molecule has 2 aromatic heterocycles. The number of H-pyrrole nitrogens is 1. The fourth-order valence-corrected chi connectivity index (χ4v) is 3.77. The summed E-state index contributed by atoms with van der Waals surface area (Å²) in [6.07, 6.45) is 3.13. The summed E-state index contributed by atoms with van der Waals surface area (Å²) in [7, 11) is 0. The lowest BCUT2D eigenvalue weighted by Crippen LogP contribution is -2.56. The van der Waals surface area contributed by atoms with Crippen LogP contribution in [-0.2, 0) is 4.79 Å². The van der Waals surface area contributed by atoms with Crippen molar-refractivity contribution in [1.29, 1.82) is 0 Å². The van der Waals surface area contributed by atoms with Gasteiger partial charge in [-0.15, -0.1) is 0 Å². The smallest absolute Gasteiger partial charge is 0.295 e. The van der Waals surface area contributed by atoms with Crippen molar-refractivity contribution in [3.63, 3.8) is 0 Å². The zero-order valence-corrected chi connectivity index (χ0v) is 16.7. The highest BCUT2D eigenvalue weighted by molar-refractivity contribution is 6.44. The van der Waals surface area contributed by atoms with Crippen LogP contribution in [0.2, 0.25) is 0 Å². The van der Waals surface area contributed by atoms with E-state index < -0.39 is 11.7 Å². The standard InChI is InChI=1S/C23H22N4O3/c1-3-17-9-10-18-19(13-24-21(18)25-17)20(28)23(30)27-12-11-26(14-15(27)2)22(29)16-7-5-4-6-8-16/h3-10,13,15H,1,11-12,14H2,2H3,(H,24,25)/t15-/m1/s1. The van der Waals surface area contributed by atoms with Crippen molar-refractivity contribution in [2.45, 2.75) is 13.0 Å². The molecule has 0 spiro atoms. The molecule has 7 nitrogen and oxygen atoms in total. The first kappa shape index (κ1) is 19.6. The maximum atomic E-state index is 12.9. The molecule has 0 aliphatic carbocycles. The number of piperazine rings is 1. The van der Waals surface area contributed by atoms with E-state index in [1.165, 1.54) is 6.20 Å². The van der Waals surface area contributed by atoms with Gasteiger partial charge in [0.25, 0.3) is 17.6 Å². The van der Waals surface area contributed by atoms with E-state index in [0.29, 0.717) is 47.5 Å². The molecule has 1 N–H and O–H groups in total. The van der Waals surface area contributed by atoms with Crippen molar-refractivity contribution in [1.82, 2.24) is 19.8 Å². The van der Waals surface area contributed by atoms with Crippen molar-refractivity contribution in [2.75, 3.05) is 19.6 Å². The number of nitrogens with one attached hydrogen (secondary N) is 1. The van der Waals surface area contributed by atoms with Gasteiger partial charge >= 0.3 is 0 Å². The molecule has 4 rings (SSSR count). The first-order valence-corrected chi connectivity index (χ1v) is 9.79. The van der Waals surface area contributed by atoms with Crippen LogP contribution < -0.4 is 0 Å². The molecular weight excluding hydrogens is 380 g/mol. The SMILES string of the molecule is C=Cc1ccc2c(C(=O)C(=O)N3CCN(C(=O)c4ccccc4)C[C@H]3C)c[nH]c2n1. The third-order valence-corrected chi connectivity index (χ3v) is 5.40. The van der Waals surface area contributed by atoms with Crippen molar-refractivity contribution >= 4 is 34.7 Å². The quantitative estimate of drug-likeness (QED) is 0.537. The van der Waals surface area contributed by atoms with Gasteiger partial charge in [0.15, 0.2) is 0 Å². The molecule has 3 heterocycles.